The average molecular weight is 198 g/mol. The van der Waals surface area contributed by atoms with Crippen LogP contribution in [0.15, 0.2) is 6.20 Å². The van der Waals surface area contributed by atoms with E-state index in [0.29, 0.717) is 6.04 Å². The Morgan fingerprint density at radius 1 is 1.62 bits per heavy atom. The van der Waals surface area contributed by atoms with Gasteiger partial charge >= 0.3 is 0 Å². The lowest BCUT2D eigenvalue weighted by Crippen LogP contribution is -2.11. The summed E-state index contributed by atoms with van der Waals surface area (Å²) in [7, 11) is 1.97. The van der Waals surface area contributed by atoms with E-state index >= 15 is 0 Å². The molecule has 13 heavy (non-hydrogen) atoms. The third-order valence-electron chi connectivity index (χ3n) is 2.15. The first-order chi connectivity index (χ1) is 6.27. The Balaban J connectivity index is 2.53. The Morgan fingerprint density at radius 3 is 3.00 bits per heavy atom. The lowest BCUT2D eigenvalue weighted by Gasteiger charge is -2.03. The summed E-state index contributed by atoms with van der Waals surface area (Å²) in [6.07, 6.45) is 5.73. The second-order valence-electron chi connectivity index (χ2n) is 3.28. The number of aryl methyl sites for hydroxylation is 1. The number of hydrogen-bond donors (Lipinski definition) is 1. The molecular formula is C10H18N2S. The van der Waals surface area contributed by atoms with E-state index in [1.165, 1.54) is 29.1 Å². The van der Waals surface area contributed by atoms with Gasteiger partial charge in [0.2, 0.25) is 0 Å². The van der Waals surface area contributed by atoms with Gasteiger partial charge in [0.1, 0.15) is 5.01 Å². The molecule has 0 radical (unpaired) electrons. The second-order valence-corrected chi connectivity index (χ2v) is 4.43. The topological polar surface area (TPSA) is 24.9 Å². The van der Waals surface area contributed by atoms with Gasteiger partial charge in [-0.2, -0.15) is 0 Å². The van der Waals surface area contributed by atoms with E-state index in [1.807, 2.05) is 24.6 Å². The van der Waals surface area contributed by atoms with Crippen molar-refractivity contribution in [2.75, 3.05) is 7.05 Å². The molecule has 3 heteroatoms. The van der Waals surface area contributed by atoms with Gasteiger partial charge in [-0.3, -0.25) is 0 Å². The van der Waals surface area contributed by atoms with Crippen LogP contribution in [0.3, 0.4) is 0 Å². The van der Waals surface area contributed by atoms with Crippen molar-refractivity contribution in [3.63, 3.8) is 0 Å². The molecule has 0 saturated carbocycles. The smallest absolute Gasteiger partial charge is 0.109 e. The summed E-state index contributed by atoms with van der Waals surface area (Å²) in [5, 5.41) is 4.40. The van der Waals surface area contributed by atoms with Gasteiger partial charge < -0.3 is 5.32 Å². The van der Waals surface area contributed by atoms with Gasteiger partial charge in [-0.05, 0) is 26.8 Å². The van der Waals surface area contributed by atoms with Crippen LogP contribution in [-0.4, -0.2) is 12.0 Å². The fourth-order valence-electron chi connectivity index (χ4n) is 1.11. The molecule has 1 heterocycles. The molecule has 1 aromatic heterocycles. The van der Waals surface area contributed by atoms with Crippen LogP contribution >= 0.6 is 11.3 Å². The minimum absolute atomic E-state index is 0.389. The van der Waals surface area contributed by atoms with Crippen LogP contribution in [0.4, 0.5) is 0 Å². The molecule has 0 fully saturated rings. The maximum Gasteiger partial charge on any atom is 0.109 e. The number of nitrogens with zero attached hydrogens (tertiary/aromatic N) is 1. The van der Waals surface area contributed by atoms with Gasteiger partial charge in [0.15, 0.2) is 0 Å². The quantitative estimate of drug-likeness (QED) is 0.787. The van der Waals surface area contributed by atoms with Crippen molar-refractivity contribution in [1.82, 2.24) is 10.3 Å². The molecule has 74 valence electrons. The predicted molar refractivity (Wildman–Crippen MR) is 58.2 cm³/mol. The average Bonchev–Trinajstić information content (AvgIpc) is 2.62. The molecule has 2 nitrogen and oxygen atoms in total. The van der Waals surface area contributed by atoms with Gasteiger partial charge in [0.25, 0.3) is 0 Å². The first-order valence-corrected chi connectivity index (χ1v) is 5.71. The highest BCUT2D eigenvalue weighted by Crippen LogP contribution is 2.20. The fourth-order valence-corrected chi connectivity index (χ4v) is 2.13. The number of unbranched alkanes of at least 4 members (excludes halogenated alkanes) is 1. The van der Waals surface area contributed by atoms with Crippen LogP contribution in [0, 0.1) is 0 Å². The standard InChI is InChI=1S/C10H18N2S/c1-4-5-6-9-7-12-10(13-9)8(2)11-3/h7-8,11H,4-6H2,1-3H3. The first kappa shape index (κ1) is 10.7. The number of aromatic nitrogens is 1. The SMILES string of the molecule is CCCCc1cnc(C(C)NC)s1. The Morgan fingerprint density at radius 2 is 2.38 bits per heavy atom. The van der Waals surface area contributed by atoms with Crippen molar-refractivity contribution in [2.24, 2.45) is 0 Å². The van der Waals surface area contributed by atoms with Crippen molar-refractivity contribution in [2.45, 2.75) is 39.2 Å². The third-order valence-corrected chi connectivity index (χ3v) is 3.39. The Bertz CT molecular complexity index is 245. The summed E-state index contributed by atoms with van der Waals surface area (Å²) < 4.78 is 0. The lowest BCUT2D eigenvalue weighted by molar-refractivity contribution is 0.647. The van der Waals surface area contributed by atoms with Crippen molar-refractivity contribution >= 4 is 11.3 Å². The maximum absolute atomic E-state index is 4.40. The minimum Gasteiger partial charge on any atom is -0.311 e. The van der Waals surface area contributed by atoms with Crippen LogP contribution in [-0.2, 0) is 6.42 Å². The number of rotatable bonds is 5. The summed E-state index contributed by atoms with van der Waals surface area (Å²) in [5.41, 5.74) is 0. The largest absolute Gasteiger partial charge is 0.311 e. The molecular weight excluding hydrogens is 180 g/mol. The fraction of sp³-hybridized carbons (Fsp3) is 0.700. The molecule has 1 aromatic rings. The Labute approximate surface area is 84.4 Å². The van der Waals surface area contributed by atoms with Gasteiger partial charge in [-0.25, -0.2) is 4.98 Å². The van der Waals surface area contributed by atoms with Crippen LogP contribution in [0.5, 0.6) is 0 Å². The van der Waals surface area contributed by atoms with E-state index in [-0.39, 0.29) is 0 Å². The Hall–Kier alpha value is -0.410. The highest BCUT2D eigenvalue weighted by molar-refractivity contribution is 7.11. The van der Waals surface area contributed by atoms with Gasteiger partial charge in [-0.1, -0.05) is 13.3 Å². The van der Waals surface area contributed by atoms with E-state index in [1.54, 1.807) is 0 Å². The summed E-state index contributed by atoms with van der Waals surface area (Å²) in [6, 6.07) is 0.389. The van der Waals surface area contributed by atoms with Crippen molar-refractivity contribution in [1.29, 1.82) is 0 Å². The van der Waals surface area contributed by atoms with E-state index in [4.69, 9.17) is 0 Å². The van der Waals surface area contributed by atoms with Crippen LogP contribution in [0.2, 0.25) is 0 Å². The van der Waals surface area contributed by atoms with E-state index < -0.39 is 0 Å². The minimum atomic E-state index is 0.389. The maximum atomic E-state index is 4.40. The van der Waals surface area contributed by atoms with Crippen LogP contribution in [0.1, 0.15) is 42.6 Å². The zero-order chi connectivity index (χ0) is 9.68. The number of hydrogen-bond acceptors (Lipinski definition) is 3. The monoisotopic (exact) mass is 198 g/mol. The molecule has 1 N–H and O–H groups in total. The summed E-state index contributed by atoms with van der Waals surface area (Å²) in [4.78, 5) is 5.81. The molecule has 0 aliphatic heterocycles. The summed E-state index contributed by atoms with van der Waals surface area (Å²) in [5.74, 6) is 0. The Kier molecular flexibility index (Phi) is 4.39. The van der Waals surface area contributed by atoms with Gasteiger partial charge in [-0.15, -0.1) is 11.3 Å². The molecule has 0 aliphatic rings. The molecule has 0 spiro atoms. The zero-order valence-corrected chi connectivity index (χ0v) is 9.45. The van der Waals surface area contributed by atoms with Crippen LogP contribution in [0.25, 0.3) is 0 Å². The molecule has 0 amide bonds. The third kappa shape index (κ3) is 3.08. The molecule has 0 saturated heterocycles. The van der Waals surface area contributed by atoms with Crippen molar-refractivity contribution in [3.05, 3.63) is 16.1 Å². The zero-order valence-electron chi connectivity index (χ0n) is 8.63. The normalized spacial score (nSPS) is 13.2. The van der Waals surface area contributed by atoms with Gasteiger partial charge in [0.05, 0.1) is 6.04 Å². The van der Waals surface area contributed by atoms with Gasteiger partial charge in [0, 0.05) is 11.1 Å². The molecule has 0 aromatic carbocycles. The summed E-state index contributed by atoms with van der Waals surface area (Å²) in [6.45, 7) is 4.36. The summed E-state index contributed by atoms with van der Waals surface area (Å²) >= 11 is 1.83. The molecule has 1 rings (SSSR count). The second kappa shape index (κ2) is 5.35. The number of thiazole rings is 1. The highest BCUT2D eigenvalue weighted by Gasteiger charge is 2.07. The highest BCUT2D eigenvalue weighted by atomic mass is 32.1. The molecule has 0 bridgehead atoms. The predicted octanol–water partition coefficient (Wildman–Crippen LogP) is 2.77. The van der Waals surface area contributed by atoms with E-state index in [9.17, 15) is 0 Å². The van der Waals surface area contributed by atoms with E-state index in [2.05, 4.69) is 24.1 Å². The van der Waals surface area contributed by atoms with E-state index in [0.717, 1.165) is 0 Å². The molecule has 1 unspecified atom stereocenters. The van der Waals surface area contributed by atoms with Crippen molar-refractivity contribution in [3.8, 4) is 0 Å². The number of nitrogens with one attached hydrogen (secondary N) is 1. The molecule has 0 aliphatic carbocycles. The van der Waals surface area contributed by atoms with Crippen LogP contribution < -0.4 is 5.32 Å². The van der Waals surface area contributed by atoms with Crippen molar-refractivity contribution < 1.29 is 0 Å². The lowest BCUT2D eigenvalue weighted by atomic mass is 10.2. The molecule has 1 atom stereocenters. The first-order valence-electron chi connectivity index (χ1n) is 4.89.